The summed E-state index contributed by atoms with van der Waals surface area (Å²) in [6, 6.07) is 2.45. The third-order valence-corrected chi connectivity index (χ3v) is 2.22. The summed E-state index contributed by atoms with van der Waals surface area (Å²) >= 11 is 2.87. The van der Waals surface area contributed by atoms with E-state index in [0.29, 0.717) is 0 Å². The smallest absolute Gasteiger partial charge is 0.179 e. The lowest BCUT2D eigenvalue weighted by atomic mass is 10.2. The number of benzene rings is 1. The lowest BCUT2D eigenvalue weighted by Gasteiger charge is -2.04. The molecule has 4 nitrogen and oxygen atoms in total. The highest BCUT2D eigenvalue weighted by Crippen LogP contribution is 2.27. The van der Waals surface area contributed by atoms with Crippen molar-refractivity contribution in [1.29, 1.82) is 0 Å². The molecule has 6 heteroatoms. The van der Waals surface area contributed by atoms with Crippen molar-refractivity contribution in [2.45, 2.75) is 0 Å². The first-order chi connectivity index (χ1) is 6.07. The molecular weight excluding hydrogens is 243 g/mol. The molecule has 0 unspecified atom stereocenters. The van der Waals surface area contributed by atoms with Crippen molar-refractivity contribution in [1.82, 2.24) is 0 Å². The van der Waals surface area contributed by atoms with Gasteiger partial charge in [0.05, 0.1) is 4.47 Å². The molecule has 0 aliphatic heterocycles. The maximum absolute atomic E-state index is 13.0. The largest absolute Gasteiger partial charge is 0.505 e. The van der Waals surface area contributed by atoms with Gasteiger partial charge < -0.3 is 16.0 Å². The molecule has 1 aromatic carbocycles. The predicted octanol–water partition coefficient (Wildman–Crippen LogP) is 1.39. The van der Waals surface area contributed by atoms with Gasteiger partial charge in [0.25, 0.3) is 0 Å². The van der Waals surface area contributed by atoms with Crippen LogP contribution in [0.4, 0.5) is 4.39 Å². The normalized spacial score (nSPS) is 11.7. The first-order valence-corrected chi connectivity index (χ1v) is 4.02. The van der Waals surface area contributed by atoms with Gasteiger partial charge in [-0.05, 0) is 28.1 Å². The van der Waals surface area contributed by atoms with E-state index in [0.717, 1.165) is 6.07 Å². The van der Waals surface area contributed by atoms with Gasteiger partial charge in [0, 0.05) is 5.56 Å². The number of rotatable bonds is 1. The SMILES string of the molecule is N/C(=N/O)c1ccc(O)c(F)c1Br. The summed E-state index contributed by atoms with van der Waals surface area (Å²) in [6.07, 6.45) is 0. The highest BCUT2D eigenvalue weighted by Gasteiger charge is 2.12. The molecule has 0 bridgehead atoms. The van der Waals surface area contributed by atoms with Crippen LogP contribution >= 0.6 is 15.9 Å². The number of oxime groups is 1. The van der Waals surface area contributed by atoms with Crippen LogP contribution in [0.2, 0.25) is 0 Å². The molecule has 0 aliphatic rings. The van der Waals surface area contributed by atoms with Gasteiger partial charge in [-0.15, -0.1) is 0 Å². The summed E-state index contributed by atoms with van der Waals surface area (Å²) in [5, 5.41) is 20.0. The van der Waals surface area contributed by atoms with Crippen LogP contribution in [0.1, 0.15) is 5.56 Å². The Hall–Kier alpha value is -1.30. The maximum atomic E-state index is 13.0. The Kier molecular flexibility index (Phi) is 2.72. The van der Waals surface area contributed by atoms with Crippen molar-refractivity contribution in [2.24, 2.45) is 10.9 Å². The molecule has 0 aliphatic carbocycles. The number of halogens is 2. The van der Waals surface area contributed by atoms with Crippen molar-refractivity contribution >= 4 is 21.8 Å². The number of aromatic hydroxyl groups is 1. The fourth-order valence-corrected chi connectivity index (χ4v) is 1.33. The summed E-state index contributed by atoms with van der Waals surface area (Å²) in [5.74, 6) is -1.57. The molecule has 13 heavy (non-hydrogen) atoms. The number of amidine groups is 1. The molecule has 70 valence electrons. The van der Waals surface area contributed by atoms with Crippen molar-refractivity contribution < 1.29 is 14.7 Å². The highest BCUT2D eigenvalue weighted by molar-refractivity contribution is 9.10. The average Bonchev–Trinajstić information content (AvgIpc) is 2.13. The molecule has 0 amide bonds. The average molecular weight is 249 g/mol. The molecule has 0 aromatic heterocycles. The van der Waals surface area contributed by atoms with Crippen molar-refractivity contribution in [3.05, 3.63) is 28.0 Å². The lowest BCUT2D eigenvalue weighted by Crippen LogP contribution is -2.14. The maximum Gasteiger partial charge on any atom is 0.179 e. The Morgan fingerprint density at radius 2 is 2.15 bits per heavy atom. The molecular formula is C7H6BrFN2O2. The van der Waals surface area contributed by atoms with E-state index in [1.807, 2.05) is 0 Å². The molecule has 0 saturated heterocycles. The molecule has 0 spiro atoms. The van der Waals surface area contributed by atoms with Crippen molar-refractivity contribution in [3.63, 3.8) is 0 Å². The van der Waals surface area contributed by atoms with Gasteiger partial charge in [-0.25, -0.2) is 4.39 Å². The summed E-state index contributed by atoms with van der Waals surface area (Å²) < 4.78 is 13.0. The molecule has 1 aromatic rings. The molecule has 0 radical (unpaired) electrons. The van der Waals surface area contributed by atoms with E-state index in [2.05, 4.69) is 21.1 Å². The van der Waals surface area contributed by atoms with E-state index in [9.17, 15) is 4.39 Å². The van der Waals surface area contributed by atoms with Crippen LogP contribution in [0.25, 0.3) is 0 Å². The number of nitrogens with zero attached hydrogens (tertiary/aromatic N) is 1. The fourth-order valence-electron chi connectivity index (χ4n) is 0.791. The Morgan fingerprint density at radius 3 is 2.69 bits per heavy atom. The van der Waals surface area contributed by atoms with E-state index in [1.54, 1.807) is 0 Å². The zero-order chi connectivity index (χ0) is 10.0. The van der Waals surface area contributed by atoms with Gasteiger partial charge in [-0.1, -0.05) is 5.16 Å². The first kappa shape index (κ1) is 9.79. The van der Waals surface area contributed by atoms with Crippen LogP contribution in [0.5, 0.6) is 5.75 Å². The zero-order valence-electron chi connectivity index (χ0n) is 6.33. The van der Waals surface area contributed by atoms with Crippen LogP contribution < -0.4 is 5.73 Å². The summed E-state index contributed by atoms with van der Waals surface area (Å²) in [5.41, 5.74) is 5.41. The quantitative estimate of drug-likeness (QED) is 0.304. The third-order valence-electron chi connectivity index (χ3n) is 1.45. The van der Waals surface area contributed by atoms with Crippen LogP contribution in [0.15, 0.2) is 21.8 Å². The molecule has 4 N–H and O–H groups in total. The summed E-state index contributed by atoms with van der Waals surface area (Å²) in [7, 11) is 0. The number of phenols is 1. The van der Waals surface area contributed by atoms with Crippen LogP contribution in [-0.2, 0) is 0 Å². The minimum Gasteiger partial charge on any atom is -0.505 e. The van der Waals surface area contributed by atoms with Crippen LogP contribution in [-0.4, -0.2) is 16.1 Å². The minimum absolute atomic E-state index is 0.0391. The first-order valence-electron chi connectivity index (χ1n) is 3.22. The van der Waals surface area contributed by atoms with Gasteiger partial charge in [0.2, 0.25) is 0 Å². The Bertz CT molecular complexity index is 368. The second kappa shape index (κ2) is 3.61. The molecule has 0 fully saturated rings. The molecule has 0 saturated carbocycles. The van der Waals surface area contributed by atoms with Crippen LogP contribution in [0.3, 0.4) is 0 Å². The summed E-state index contributed by atoms with van der Waals surface area (Å²) in [4.78, 5) is 0. The number of phenolic OH excluding ortho intramolecular Hbond substituents is 1. The van der Waals surface area contributed by atoms with E-state index in [-0.39, 0.29) is 15.9 Å². The molecule has 0 atom stereocenters. The van der Waals surface area contributed by atoms with Crippen LogP contribution in [0, 0.1) is 5.82 Å². The minimum atomic E-state index is -0.843. The van der Waals surface area contributed by atoms with Gasteiger partial charge >= 0.3 is 0 Å². The van der Waals surface area contributed by atoms with Crippen molar-refractivity contribution in [3.8, 4) is 5.75 Å². The lowest BCUT2D eigenvalue weighted by molar-refractivity contribution is 0.318. The highest BCUT2D eigenvalue weighted by atomic mass is 79.9. The van der Waals surface area contributed by atoms with Crippen molar-refractivity contribution in [2.75, 3.05) is 0 Å². The van der Waals surface area contributed by atoms with Gasteiger partial charge in [-0.2, -0.15) is 0 Å². The van der Waals surface area contributed by atoms with Gasteiger partial charge in [0.1, 0.15) is 0 Å². The van der Waals surface area contributed by atoms with E-state index in [1.165, 1.54) is 6.07 Å². The number of nitrogens with two attached hydrogens (primary N) is 1. The molecule has 1 rings (SSSR count). The number of hydrogen-bond acceptors (Lipinski definition) is 3. The Balaban J connectivity index is 3.34. The second-order valence-electron chi connectivity index (χ2n) is 2.25. The fraction of sp³-hybridized carbons (Fsp3) is 0. The topological polar surface area (TPSA) is 78.8 Å². The van der Waals surface area contributed by atoms with E-state index < -0.39 is 11.6 Å². The monoisotopic (exact) mass is 248 g/mol. The van der Waals surface area contributed by atoms with E-state index in [4.69, 9.17) is 16.0 Å². The van der Waals surface area contributed by atoms with Gasteiger partial charge in [0.15, 0.2) is 17.4 Å². The summed E-state index contributed by atoms with van der Waals surface area (Å²) in [6.45, 7) is 0. The third kappa shape index (κ3) is 1.72. The van der Waals surface area contributed by atoms with E-state index >= 15 is 0 Å². The standard InChI is InChI=1S/C7H6BrFN2O2/c8-5-3(7(10)11-13)1-2-4(12)6(5)9/h1-2,12-13H,(H2,10,11). The number of hydrogen-bond donors (Lipinski definition) is 3. The second-order valence-corrected chi connectivity index (χ2v) is 3.04. The Morgan fingerprint density at radius 1 is 1.54 bits per heavy atom. The van der Waals surface area contributed by atoms with Gasteiger partial charge in [-0.3, -0.25) is 0 Å². The Labute approximate surface area is 81.6 Å². The molecule has 0 heterocycles. The zero-order valence-corrected chi connectivity index (χ0v) is 7.92. The predicted molar refractivity (Wildman–Crippen MR) is 48.3 cm³/mol.